The lowest BCUT2D eigenvalue weighted by atomic mass is 9.85. The summed E-state index contributed by atoms with van der Waals surface area (Å²) in [4.78, 5) is 11.7. The number of carbonyl (C=O) groups excluding carboxylic acids is 1. The zero-order valence-corrected chi connectivity index (χ0v) is 18.5. The molecule has 0 aliphatic heterocycles. The summed E-state index contributed by atoms with van der Waals surface area (Å²) < 4.78 is 5.61. The van der Waals surface area contributed by atoms with Gasteiger partial charge >= 0.3 is 0 Å². The monoisotopic (exact) mass is 433 g/mol. The number of para-hydroxylation sites is 1. The first kappa shape index (κ1) is 24.0. The molecule has 0 unspecified atom stereocenters. The molecule has 1 aromatic rings. The van der Waals surface area contributed by atoms with E-state index in [0.717, 1.165) is 50.7 Å². The smallest absolute Gasteiger partial charge is 0.220 e. The van der Waals surface area contributed by atoms with Gasteiger partial charge in [0.1, 0.15) is 12.4 Å². The molecule has 2 aliphatic rings. The quantitative estimate of drug-likeness (QED) is 0.338. The number of nitrogens with one attached hydrogen (secondary N) is 1. The van der Waals surface area contributed by atoms with Crippen LogP contribution in [0, 0.1) is 11.8 Å². The van der Waals surface area contributed by atoms with Gasteiger partial charge in [-0.15, -0.1) is 0 Å². The van der Waals surface area contributed by atoms with Gasteiger partial charge in [0.15, 0.2) is 0 Å². The van der Waals surface area contributed by atoms with Crippen LogP contribution in [0.2, 0.25) is 0 Å². The summed E-state index contributed by atoms with van der Waals surface area (Å²) in [6.45, 7) is 0.231. The van der Waals surface area contributed by atoms with E-state index < -0.39 is 18.3 Å². The second-order valence-corrected chi connectivity index (χ2v) is 9.35. The fraction of sp³-hybridized carbons (Fsp3) is 0.720. The van der Waals surface area contributed by atoms with Crippen molar-refractivity contribution < 1.29 is 24.9 Å². The number of amides is 1. The lowest BCUT2D eigenvalue weighted by Crippen LogP contribution is -2.25. The fourth-order valence-electron chi connectivity index (χ4n) is 4.70. The second kappa shape index (κ2) is 12.4. The Bertz CT molecular complexity index is 651. The van der Waals surface area contributed by atoms with Gasteiger partial charge in [-0.05, 0) is 68.9 Å². The van der Waals surface area contributed by atoms with Crippen molar-refractivity contribution in [3.8, 4) is 5.75 Å². The van der Waals surface area contributed by atoms with E-state index in [0.29, 0.717) is 31.7 Å². The Balaban J connectivity index is 1.30. The Hall–Kier alpha value is -1.63. The minimum absolute atomic E-state index is 0.0192. The van der Waals surface area contributed by atoms with Crippen LogP contribution >= 0.6 is 0 Å². The van der Waals surface area contributed by atoms with Crippen LogP contribution in [0.5, 0.6) is 5.75 Å². The molecule has 4 N–H and O–H groups in total. The highest BCUT2D eigenvalue weighted by Crippen LogP contribution is 2.39. The van der Waals surface area contributed by atoms with Crippen molar-refractivity contribution in [2.24, 2.45) is 11.8 Å². The number of carbonyl (C=O) groups is 1. The number of hydrogen-bond acceptors (Lipinski definition) is 5. The first-order valence-corrected chi connectivity index (χ1v) is 12.0. The molecule has 31 heavy (non-hydrogen) atoms. The summed E-state index contributed by atoms with van der Waals surface area (Å²) in [6.07, 6.45) is 7.79. The van der Waals surface area contributed by atoms with E-state index in [1.54, 1.807) is 0 Å². The van der Waals surface area contributed by atoms with E-state index >= 15 is 0 Å². The normalized spacial score (nSPS) is 26.5. The molecule has 2 aliphatic carbocycles. The van der Waals surface area contributed by atoms with Gasteiger partial charge < -0.3 is 25.4 Å². The van der Waals surface area contributed by atoms with Gasteiger partial charge in [0.2, 0.25) is 5.91 Å². The molecule has 6 heteroatoms. The van der Waals surface area contributed by atoms with Crippen LogP contribution in [-0.4, -0.2) is 52.2 Å². The molecule has 6 nitrogen and oxygen atoms in total. The van der Waals surface area contributed by atoms with E-state index in [9.17, 15) is 20.1 Å². The molecule has 2 fully saturated rings. The fourth-order valence-corrected chi connectivity index (χ4v) is 4.70. The number of aliphatic hydroxyl groups excluding tert-OH is 3. The highest BCUT2D eigenvalue weighted by molar-refractivity contribution is 5.76. The Labute approximate surface area is 186 Å². The number of unbranched alkanes of at least 4 members (excludes halogenated alkanes) is 3. The SMILES string of the molecule is O=C(CCCCCC[C@@H]1[C@@H](CC[C@@H](O)COc2ccccc2)[C@H](O)C[C@@H]1O)NC1CC1. The van der Waals surface area contributed by atoms with Crippen LogP contribution in [0.1, 0.15) is 70.6 Å². The largest absolute Gasteiger partial charge is 0.491 e. The predicted octanol–water partition coefficient (Wildman–Crippen LogP) is 3.18. The lowest BCUT2D eigenvalue weighted by Gasteiger charge is -2.24. The molecule has 3 rings (SSSR count). The molecule has 1 aromatic carbocycles. The highest BCUT2D eigenvalue weighted by Gasteiger charge is 2.40. The Morgan fingerprint density at radius 3 is 2.39 bits per heavy atom. The van der Waals surface area contributed by atoms with E-state index in [2.05, 4.69) is 5.32 Å². The lowest BCUT2D eigenvalue weighted by molar-refractivity contribution is -0.121. The van der Waals surface area contributed by atoms with Gasteiger partial charge in [-0.25, -0.2) is 0 Å². The van der Waals surface area contributed by atoms with Crippen LogP contribution < -0.4 is 10.1 Å². The van der Waals surface area contributed by atoms with E-state index in [1.807, 2.05) is 30.3 Å². The molecular formula is C25H39NO5. The zero-order chi connectivity index (χ0) is 22.1. The van der Waals surface area contributed by atoms with Crippen molar-refractivity contribution in [3.05, 3.63) is 30.3 Å². The molecular weight excluding hydrogens is 394 g/mol. The van der Waals surface area contributed by atoms with E-state index in [1.165, 1.54) is 0 Å². The third kappa shape index (κ3) is 8.43. The minimum atomic E-state index is -0.590. The van der Waals surface area contributed by atoms with Crippen molar-refractivity contribution in [1.29, 1.82) is 0 Å². The molecule has 0 bridgehead atoms. The average molecular weight is 434 g/mol. The van der Waals surface area contributed by atoms with Gasteiger partial charge in [0.05, 0.1) is 18.3 Å². The maximum Gasteiger partial charge on any atom is 0.220 e. The van der Waals surface area contributed by atoms with Crippen LogP contribution in [-0.2, 0) is 4.79 Å². The van der Waals surface area contributed by atoms with Gasteiger partial charge in [-0.3, -0.25) is 4.79 Å². The first-order valence-electron chi connectivity index (χ1n) is 12.0. The van der Waals surface area contributed by atoms with Crippen molar-refractivity contribution in [3.63, 3.8) is 0 Å². The Morgan fingerprint density at radius 2 is 1.68 bits per heavy atom. The standard InChI is InChI=1S/C25H39NO5/c27-19(17-31-20-8-4-3-5-9-20)14-15-22-21(23(28)16-24(22)29)10-6-1-2-7-11-25(30)26-18-12-13-18/h3-5,8-9,18-19,21-24,27-29H,1-2,6-7,10-17H2,(H,26,30)/t19-,21-,22-,23+,24-/m1/s1. The van der Waals surface area contributed by atoms with Crippen LogP contribution in [0.4, 0.5) is 0 Å². The maximum absolute atomic E-state index is 11.7. The Kier molecular flexibility index (Phi) is 9.62. The van der Waals surface area contributed by atoms with Crippen molar-refractivity contribution >= 4 is 5.91 Å². The number of rotatable bonds is 14. The average Bonchev–Trinajstić information content (AvgIpc) is 3.52. The molecule has 5 atom stereocenters. The molecule has 1 amide bonds. The van der Waals surface area contributed by atoms with Crippen LogP contribution in [0.25, 0.3) is 0 Å². The van der Waals surface area contributed by atoms with Crippen molar-refractivity contribution in [2.45, 2.75) is 95.0 Å². The van der Waals surface area contributed by atoms with Gasteiger partial charge in [0, 0.05) is 12.5 Å². The van der Waals surface area contributed by atoms with Crippen LogP contribution in [0.3, 0.4) is 0 Å². The molecule has 0 heterocycles. The Morgan fingerprint density at radius 1 is 1.00 bits per heavy atom. The van der Waals surface area contributed by atoms with E-state index in [4.69, 9.17) is 4.74 Å². The topological polar surface area (TPSA) is 99.0 Å². The molecule has 0 saturated heterocycles. The number of ether oxygens (including phenoxy) is 1. The number of hydrogen-bond donors (Lipinski definition) is 4. The summed E-state index contributed by atoms with van der Waals surface area (Å²) in [7, 11) is 0. The highest BCUT2D eigenvalue weighted by atomic mass is 16.5. The molecule has 0 spiro atoms. The summed E-state index contributed by atoms with van der Waals surface area (Å²) in [6, 6.07) is 9.86. The van der Waals surface area contributed by atoms with Gasteiger partial charge in [0.25, 0.3) is 0 Å². The minimum Gasteiger partial charge on any atom is -0.491 e. The zero-order valence-electron chi connectivity index (χ0n) is 18.5. The molecule has 174 valence electrons. The molecule has 2 saturated carbocycles. The predicted molar refractivity (Wildman–Crippen MR) is 120 cm³/mol. The molecule has 0 radical (unpaired) electrons. The summed E-state index contributed by atoms with van der Waals surface area (Å²) in [5.74, 6) is 1.01. The molecule has 0 aromatic heterocycles. The number of benzene rings is 1. The van der Waals surface area contributed by atoms with Crippen molar-refractivity contribution in [1.82, 2.24) is 5.32 Å². The van der Waals surface area contributed by atoms with Gasteiger partial charge in [-0.1, -0.05) is 37.5 Å². The first-order chi connectivity index (χ1) is 15.0. The number of aliphatic hydroxyl groups is 3. The van der Waals surface area contributed by atoms with Gasteiger partial charge in [-0.2, -0.15) is 0 Å². The third-order valence-electron chi connectivity index (χ3n) is 6.67. The summed E-state index contributed by atoms with van der Waals surface area (Å²) >= 11 is 0. The van der Waals surface area contributed by atoms with E-state index in [-0.39, 0.29) is 24.3 Å². The van der Waals surface area contributed by atoms with Crippen molar-refractivity contribution in [2.75, 3.05) is 6.61 Å². The second-order valence-electron chi connectivity index (χ2n) is 9.35. The summed E-state index contributed by atoms with van der Waals surface area (Å²) in [5, 5.41) is 34.1. The van der Waals surface area contributed by atoms with Crippen LogP contribution in [0.15, 0.2) is 30.3 Å². The maximum atomic E-state index is 11.7. The summed E-state index contributed by atoms with van der Waals surface area (Å²) in [5.41, 5.74) is 0. The third-order valence-corrected chi connectivity index (χ3v) is 6.67.